The lowest BCUT2D eigenvalue weighted by Crippen LogP contribution is -2.47. The van der Waals surface area contributed by atoms with Gasteiger partial charge in [0.25, 0.3) is 0 Å². The van der Waals surface area contributed by atoms with Gasteiger partial charge in [0.15, 0.2) is 0 Å². The molecular formula is C10H11ClN4O2. The number of nitrogen functional groups attached to an aromatic ring is 1. The van der Waals surface area contributed by atoms with Crippen LogP contribution in [0.1, 0.15) is 12.8 Å². The lowest BCUT2D eigenvalue weighted by atomic mass is 10.1. The van der Waals surface area contributed by atoms with Crippen molar-refractivity contribution in [1.29, 1.82) is 0 Å². The van der Waals surface area contributed by atoms with Gasteiger partial charge in [0.1, 0.15) is 11.9 Å². The summed E-state index contributed by atoms with van der Waals surface area (Å²) < 4.78 is 0. The topological polar surface area (TPSA) is 97.1 Å². The van der Waals surface area contributed by atoms with Crippen LogP contribution >= 0.6 is 11.6 Å². The first-order valence-corrected chi connectivity index (χ1v) is 5.45. The van der Waals surface area contributed by atoms with Gasteiger partial charge in [-0.25, -0.2) is 4.98 Å². The van der Waals surface area contributed by atoms with Gasteiger partial charge in [-0.1, -0.05) is 11.6 Å². The molecule has 1 aromatic heterocycles. The number of carbonyl (C=O) groups is 2. The molecule has 0 aromatic carbocycles. The summed E-state index contributed by atoms with van der Waals surface area (Å²) in [6, 6.07) is 1.05. The van der Waals surface area contributed by atoms with Gasteiger partial charge in [0.05, 0.1) is 10.7 Å². The number of pyridine rings is 1. The number of imide groups is 1. The highest BCUT2D eigenvalue weighted by Gasteiger charge is 2.26. The van der Waals surface area contributed by atoms with E-state index < -0.39 is 6.04 Å². The summed E-state index contributed by atoms with van der Waals surface area (Å²) in [6.45, 7) is 0. The van der Waals surface area contributed by atoms with E-state index in [1.807, 2.05) is 0 Å². The van der Waals surface area contributed by atoms with Crippen LogP contribution in [-0.2, 0) is 9.59 Å². The van der Waals surface area contributed by atoms with E-state index in [1.54, 1.807) is 6.07 Å². The molecule has 1 aromatic rings. The van der Waals surface area contributed by atoms with E-state index >= 15 is 0 Å². The van der Waals surface area contributed by atoms with Crippen molar-refractivity contribution in [2.75, 3.05) is 11.1 Å². The number of piperidine rings is 1. The number of hydrogen-bond donors (Lipinski definition) is 3. The molecule has 1 aliphatic heterocycles. The maximum atomic E-state index is 11.5. The first-order valence-electron chi connectivity index (χ1n) is 5.07. The first kappa shape index (κ1) is 11.7. The van der Waals surface area contributed by atoms with Crippen molar-refractivity contribution in [3.05, 3.63) is 17.3 Å². The molecule has 2 heterocycles. The van der Waals surface area contributed by atoms with Gasteiger partial charge in [-0.15, -0.1) is 0 Å². The molecule has 0 spiro atoms. The van der Waals surface area contributed by atoms with Gasteiger partial charge in [0, 0.05) is 12.6 Å². The van der Waals surface area contributed by atoms with Crippen LogP contribution in [0, 0.1) is 0 Å². The number of halogens is 1. The van der Waals surface area contributed by atoms with Crippen molar-refractivity contribution in [2.24, 2.45) is 0 Å². The van der Waals surface area contributed by atoms with E-state index in [1.165, 1.54) is 6.20 Å². The fourth-order valence-corrected chi connectivity index (χ4v) is 1.74. The summed E-state index contributed by atoms with van der Waals surface area (Å²) in [5.74, 6) is -0.230. The van der Waals surface area contributed by atoms with E-state index in [0.29, 0.717) is 29.4 Å². The summed E-state index contributed by atoms with van der Waals surface area (Å²) in [5, 5.41) is 5.56. The van der Waals surface area contributed by atoms with Crippen LogP contribution < -0.4 is 16.4 Å². The highest BCUT2D eigenvalue weighted by atomic mass is 35.5. The first-order chi connectivity index (χ1) is 8.06. The summed E-state index contributed by atoms with van der Waals surface area (Å²) in [6.07, 6.45) is 2.16. The van der Waals surface area contributed by atoms with E-state index in [0.717, 1.165) is 0 Å². The molecule has 2 rings (SSSR count). The van der Waals surface area contributed by atoms with Gasteiger partial charge in [-0.2, -0.15) is 0 Å². The summed E-state index contributed by atoms with van der Waals surface area (Å²) in [5.41, 5.74) is 6.07. The van der Waals surface area contributed by atoms with E-state index in [-0.39, 0.29) is 11.8 Å². The van der Waals surface area contributed by atoms with Crippen LogP contribution in [0.25, 0.3) is 0 Å². The van der Waals surface area contributed by atoms with Gasteiger partial charge in [0.2, 0.25) is 11.8 Å². The summed E-state index contributed by atoms with van der Waals surface area (Å²) in [4.78, 5) is 26.5. The highest BCUT2D eigenvalue weighted by molar-refractivity contribution is 6.30. The lowest BCUT2D eigenvalue weighted by Gasteiger charge is -2.22. The molecule has 1 saturated heterocycles. The van der Waals surface area contributed by atoms with Crippen molar-refractivity contribution in [3.63, 3.8) is 0 Å². The Kier molecular flexibility index (Phi) is 3.14. The molecular weight excluding hydrogens is 244 g/mol. The smallest absolute Gasteiger partial charge is 0.249 e. The average molecular weight is 255 g/mol. The molecule has 2 amide bonds. The maximum absolute atomic E-state index is 11.5. The van der Waals surface area contributed by atoms with Gasteiger partial charge in [-0.3, -0.25) is 14.9 Å². The Morgan fingerprint density at radius 2 is 2.29 bits per heavy atom. The molecule has 7 heteroatoms. The normalized spacial score (nSPS) is 19.9. The molecule has 1 aliphatic rings. The monoisotopic (exact) mass is 254 g/mol. The number of nitrogens with two attached hydrogens (primary N) is 1. The Bertz CT molecular complexity index is 477. The molecule has 4 N–H and O–H groups in total. The molecule has 0 aliphatic carbocycles. The maximum Gasteiger partial charge on any atom is 0.249 e. The molecule has 6 nitrogen and oxygen atoms in total. The number of hydrogen-bond acceptors (Lipinski definition) is 5. The number of aromatic nitrogens is 1. The second-order valence-corrected chi connectivity index (χ2v) is 4.18. The minimum absolute atomic E-state index is 0.259. The third kappa shape index (κ3) is 2.65. The van der Waals surface area contributed by atoms with Crippen molar-refractivity contribution in [3.8, 4) is 0 Å². The van der Waals surface area contributed by atoms with Gasteiger partial charge < -0.3 is 11.1 Å². The van der Waals surface area contributed by atoms with Crippen LogP contribution in [-0.4, -0.2) is 22.8 Å². The van der Waals surface area contributed by atoms with E-state index in [2.05, 4.69) is 15.6 Å². The van der Waals surface area contributed by atoms with E-state index in [4.69, 9.17) is 17.3 Å². The minimum Gasteiger partial charge on any atom is -0.396 e. The Labute approximate surface area is 103 Å². The van der Waals surface area contributed by atoms with Crippen LogP contribution in [0.5, 0.6) is 0 Å². The molecule has 0 radical (unpaired) electrons. The fraction of sp³-hybridized carbons (Fsp3) is 0.300. The van der Waals surface area contributed by atoms with Crippen molar-refractivity contribution >= 4 is 34.9 Å². The van der Waals surface area contributed by atoms with E-state index in [9.17, 15) is 9.59 Å². The Hall–Kier alpha value is -1.82. The number of rotatable bonds is 2. The van der Waals surface area contributed by atoms with Gasteiger partial charge in [-0.05, 0) is 12.5 Å². The lowest BCUT2D eigenvalue weighted by molar-refractivity contribution is -0.133. The minimum atomic E-state index is -0.497. The van der Waals surface area contributed by atoms with Crippen molar-refractivity contribution < 1.29 is 9.59 Å². The van der Waals surface area contributed by atoms with Crippen LogP contribution in [0.2, 0.25) is 5.02 Å². The zero-order valence-corrected chi connectivity index (χ0v) is 9.62. The van der Waals surface area contributed by atoms with Crippen LogP contribution in [0.4, 0.5) is 11.5 Å². The Balaban J connectivity index is 2.10. The summed E-state index contributed by atoms with van der Waals surface area (Å²) >= 11 is 5.71. The highest BCUT2D eigenvalue weighted by Crippen LogP contribution is 2.21. The Morgan fingerprint density at radius 1 is 1.53 bits per heavy atom. The molecule has 90 valence electrons. The number of nitrogens with zero attached hydrogens (tertiary/aromatic N) is 1. The number of nitrogens with one attached hydrogen (secondary N) is 2. The zero-order valence-electron chi connectivity index (χ0n) is 8.87. The standard InChI is InChI=1S/C10H11ClN4O2/c11-5-3-6(12)9(13-4-5)14-7-1-2-8(16)15-10(7)17/h3-4,7H,1-2,12H2,(H,13,14)(H,15,16,17). The van der Waals surface area contributed by atoms with Gasteiger partial charge >= 0.3 is 0 Å². The molecule has 1 unspecified atom stereocenters. The zero-order chi connectivity index (χ0) is 12.4. The molecule has 17 heavy (non-hydrogen) atoms. The Morgan fingerprint density at radius 3 is 2.94 bits per heavy atom. The number of anilines is 2. The fourth-order valence-electron chi connectivity index (χ4n) is 1.57. The van der Waals surface area contributed by atoms with Crippen molar-refractivity contribution in [2.45, 2.75) is 18.9 Å². The largest absolute Gasteiger partial charge is 0.396 e. The van der Waals surface area contributed by atoms with Crippen LogP contribution in [0.15, 0.2) is 12.3 Å². The number of amides is 2. The quantitative estimate of drug-likeness (QED) is 0.669. The second-order valence-electron chi connectivity index (χ2n) is 3.74. The molecule has 1 fully saturated rings. The van der Waals surface area contributed by atoms with Crippen LogP contribution in [0.3, 0.4) is 0 Å². The predicted octanol–water partition coefficient (Wildman–Crippen LogP) is 0.534. The third-order valence-electron chi connectivity index (χ3n) is 2.43. The SMILES string of the molecule is Nc1cc(Cl)cnc1NC1CCC(=O)NC1=O. The molecule has 1 atom stereocenters. The third-order valence-corrected chi connectivity index (χ3v) is 2.64. The molecule has 0 saturated carbocycles. The number of carbonyl (C=O) groups excluding carboxylic acids is 2. The predicted molar refractivity (Wildman–Crippen MR) is 63.5 cm³/mol. The second kappa shape index (κ2) is 4.58. The van der Waals surface area contributed by atoms with Crippen molar-refractivity contribution in [1.82, 2.24) is 10.3 Å². The average Bonchev–Trinajstić information content (AvgIpc) is 2.25. The molecule has 0 bridgehead atoms. The summed E-state index contributed by atoms with van der Waals surface area (Å²) in [7, 11) is 0.